The zero-order valence-electron chi connectivity index (χ0n) is 24.2. The highest BCUT2D eigenvalue weighted by atomic mass is 79.9. The summed E-state index contributed by atoms with van der Waals surface area (Å²) in [5, 5.41) is 0. The maximum Gasteiger partial charge on any atom is 0.338 e. The number of halogens is 1. The van der Waals surface area contributed by atoms with Gasteiger partial charge in [-0.2, -0.15) is 0 Å². The monoisotopic (exact) mass is 634 g/mol. The van der Waals surface area contributed by atoms with E-state index >= 15 is 0 Å². The van der Waals surface area contributed by atoms with Crippen LogP contribution in [0.15, 0.2) is 71.2 Å². The van der Waals surface area contributed by atoms with Gasteiger partial charge in [0.2, 0.25) is 0 Å². The molecule has 1 aliphatic heterocycles. The third-order valence-electron chi connectivity index (χ3n) is 7.60. The average Bonchev–Trinajstić information content (AvgIpc) is 3.29. The highest BCUT2D eigenvalue weighted by Crippen LogP contribution is 2.28. The Morgan fingerprint density at radius 3 is 2.21 bits per heavy atom. The first-order valence-corrected chi connectivity index (χ1v) is 15.5. The standard InChI is InChI=1S/C34H39BrN2O5/c1-24(26-14-11-15-27(20-26)32(38)25-12-5-4-6-13-25)33(39)41-18-9-10-19-42-34(40)28-21-29(31(36)30(35)22-28)23-37-16-7-2-3-8-17-37/h4-6,11-15,20-22,24H,2-3,7-10,16-19,23,36H2,1H3. The second kappa shape index (κ2) is 15.7. The molecule has 0 aliphatic carbocycles. The molecule has 1 fully saturated rings. The minimum atomic E-state index is -0.515. The first kappa shape index (κ1) is 31.4. The molecule has 0 radical (unpaired) electrons. The number of esters is 2. The zero-order valence-corrected chi connectivity index (χ0v) is 25.7. The lowest BCUT2D eigenvalue weighted by Crippen LogP contribution is -2.24. The maximum absolute atomic E-state index is 12.8. The van der Waals surface area contributed by atoms with E-state index < -0.39 is 11.9 Å². The van der Waals surface area contributed by atoms with Gasteiger partial charge in [-0.05, 0) is 91.0 Å². The van der Waals surface area contributed by atoms with E-state index in [0.717, 1.165) is 24.2 Å². The smallest absolute Gasteiger partial charge is 0.338 e. The van der Waals surface area contributed by atoms with Crippen LogP contribution in [0.3, 0.4) is 0 Å². The highest BCUT2D eigenvalue weighted by molar-refractivity contribution is 9.10. The van der Waals surface area contributed by atoms with E-state index in [-0.39, 0.29) is 25.0 Å². The minimum Gasteiger partial charge on any atom is -0.465 e. The summed E-state index contributed by atoms with van der Waals surface area (Å²) in [6.07, 6.45) is 5.99. The van der Waals surface area contributed by atoms with Crippen molar-refractivity contribution in [3.63, 3.8) is 0 Å². The zero-order chi connectivity index (χ0) is 29.9. The van der Waals surface area contributed by atoms with E-state index in [1.807, 2.05) is 30.3 Å². The van der Waals surface area contributed by atoms with Gasteiger partial charge in [-0.1, -0.05) is 61.4 Å². The second-order valence-electron chi connectivity index (χ2n) is 10.8. The Kier molecular flexibility index (Phi) is 11.7. The van der Waals surface area contributed by atoms with Crippen LogP contribution in [0.25, 0.3) is 0 Å². The van der Waals surface area contributed by atoms with E-state index in [0.29, 0.717) is 46.2 Å². The summed E-state index contributed by atoms with van der Waals surface area (Å²) in [5.41, 5.74) is 10.2. The van der Waals surface area contributed by atoms with Gasteiger partial charge in [0.25, 0.3) is 0 Å². The van der Waals surface area contributed by atoms with Gasteiger partial charge >= 0.3 is 11.9 Å². The molecule has 0 spiro atoms. The number of carbonyl (C=O) groups is 3. The maximum atomic E-state index is 12.8. The molecule has 1 aliphatic rings. The Morgan fingerprint density at radius 1 is 0.833 bits per heavy atom. The summed E-state index contributed by atoms with van der Waals surface area (Å²) in [6, 6.07) is 19.7. The molecule has 1 saturated heterocycles. The molecule has 0 aromatic heterocycles. The summed E-state index contributed by atoms with van der Waals surface area (Å²) < 4.78 is 11.7. The molecule has 0 saturated carbocycles. The van der Waals surface area contributed by atoms with Crippen LogP contribution in [-0.4, -0.2) is 48.9 Å². The van der Waals surface area contributed by atoms with Crippen molar-refractivity contribution >= 4 is 39.3 Å². The fourth-order valence-electron chi connectivity index (χ4n) is 5.05. The molecular formula is C34H39BrN2O5. The molecule has 42 heavy (non-hydrogen) atoms. The fraction of sp³-hybridized carbons (Fsp3) is 0.382. The number of hydrogen-bond donors (Lipinski definition) is 1. The number of ketones is 1. The predicted octanol–water partition coefficient (Wildman–Crippen LogP) is 6.92. The van der Waals surface area contributed by atoms with Crippen molar-refractivity contribution in [1.82, 2.24) is 4.90 Å². The van der Waals surface area contributed by atoms with Crippen molar-refractivity contribution in [2.45, 2.75) is 57.9 Å². The van der Waals surface area contributed by atoms with Gasteiger partial charge in [0.1, 0.15) is 0 Å². The molecule has 3 aromatic rings. The number of anilines is 1. The van der Waals surface area contributed by atoms with Gasteiger partial charge in [0.15, 0.2) is 5.78 Å². The van der Waals surface area contributed by atoms with E-state index in [2.05, 4.69) is 20.8 Å². The van der Waals surface area contributed by atoms with Gasteiger partial charge in [-0.25, -0.2) is 4.79 Å². The summed E-state index contributed by atoms with van der Waals surface area (Å²) in [5.74, 6) is -1.37. The number of nitrogens with two attached hydrogens (primary N) is 1. The van der Waals surface area contributed by atoms with Crippen LogP contribution in [0.5, 0.6) is 0 Å². The Bertz CT molecular complexity index is 1370. The van der Waals surface area contributed by atoms with Gasteiger partial charge in [-0.15, -0.1) is 0 Å². The number of unbranched alkanes of at least 4 members (excludes halogenated alkanes) is 1. The van der Waals surface area contributed by atoms with E-state index in [4.69, 9.17) is 15.2 Å². The van der Waals surface area contributed by atoms with Crippen molar-refractivity contribution in [2.24, 2.45) is 0 Å². The van der Waals surface area contributed by atoms with Crippen molar-refractivity contribution in [3.05, 3.63) is 99.0 Å². The number of nitrogen functional groups attached to an aromatic ring is 1. The highest BCUT2D eigenvalue weighted by Gasteiger charge is 2.19. The Labute approximate surface area is 256 Å². The molecule has 1 unspecified atom stereocenters. The van der Waals surface area contributed by atoms with Crippen LogP contribution in [0, 0.1) is 0 Å². The normalized spacial score (nSPS) is 14.5. The van der Waals surface area contributed by atoms with Crippen LogP contribution < -0.4 is 5.73 Å². The first-order valence-electron chi connectivity index (χ1n) is 14.7. The molecule has 1 heterocycles. The molecule has 2 N–H and O–H groups in total. The molecule has 0 bridgehead atoms. The minimum absolute atomic E-state index is 0.0903. The summed E-state index contributed by atoms with van der Waals surface area (Å²) >= 11 is 3.49. The van der Waals surface area contributed by atoms with Gasteiger partial charge in [0.05, 0.1) is 30.4 Å². The third-order valence-corrected chi connectivity index (χ3v) is 8.25. The number of nitrogens with zero attached hydrogens (tertiary/aromatic N) is 1. The lowest BCUT2D eigenvalue weighted by Gasteiger charge is -2.21. The van der Waals surface area contributed by atoms with Crippen molar-refractivity contribution in [1.29, 1.82) is 0 Å². The van der Waals surface area contributed by atoms with Crippen LogP contribution in [0.1, 0.15) is 88.8 Å². The number of benzene rings is 3. The van der Waals surface area contributed by atoms with Crippen LogP contribution in [-0.2, 0) is 20.8 Å². The van der Waals surface area contributed by atoms with Crippen LogP contribution >= 0.6 is 15.9 Å². The number of carbonyl (C=O) groups excluding carboxylic acids is 3. The molecule has 8 heteroatoms. The van der Waals surface area contributed by atoms with E-state index in [1.165, 1.54) is 25.7 Å². The second-order valence-corrected chi connectivity index (χ2v) is 11.6. The molecular weight excluding hydrogens is 596 g/mol. The summed E-state index contributed by atoms with van der Waals surface area (Å²) in [7, 11) is 0. The number of rotatable bonds is 12. The quantitative estimate of drug-likeness (QED) is 0.0999. The Morgan fingerprint density at radius 2 is 1.50 bits per heavy atom. The number of likely N-dealkylation sites (tertiary alicyclic amines) is 1. The summed E-state index contributed by atoms with van der Waals surface area (Å²) in [6.45, 7) is 4.99. The van der Waals surface area contributed by atoms with E-state index in [9.17, 15) is 14.4 Å². The summed E-state index contributed by atoms with van der Waals surface area (Å²) in [4.78, 5) is 40.6. The van der Waals surface area contributed by atoms with Crippen LogP contribution in [0.2, 0.25) is 0 Å². The topological polar surface area (TPSA) is 98.9 Å². The molecule has 7 nitrogen and oxygen atoms in total. The average molecular weight is 636 g/mol. The van der Waals surface area contributed by atoms with E-state index in [1.54, 1.807) is 43.3 Å². The SMILES string of the molecule is CC(C(=O)OCCCCOC(=O)c1cc(Br)c(N)c(CN2CCCCCC2)c1)c1cccc(C(=O)c2ccccc2)c1. The van der Waals surface area contributed by atoms with Gasteiger partial charge in [-0.3, -0.25) is 14.5 Å². The molecule has 222 valence electrons. The lowest BCUT2D eigenvalue weighted by atomic mass is 9.96. The Hall–Kier alpha value is -3.49. The Balaban J connectivity index is 1.21. The van der Waals surface area contributed by atoms with Crippen molar-refractivity contribution in [2.75, 3.05) is 32.0 Å². The molecule has 3 aromatic carbocycles. The van der Waals surface area contributed by atoms with Gasteiger partial charge in [0, 0.05) is 22.1 Å². The largest absolute Gasteiger partial charge is 0.465 e. The first-order chi connectivity index (χ1) is 20.3. The fourth-order valence-corrected chi connectivity index (χ4v) is 5.55. The number of ether oxygens (including phenoxy) is 2. The molecule has 4 rings (SSSR count). The van der Waals surface area contributed by atoms with Crippen molar-refractivity contribution in [3.8, 4) is 0 Å². The van der Waals surface area contributed by atoms with Crippen molar-refractivity contribution < 1.29 is 23.9 Å². The predicted molar refractivity (Wildman–Crippen MR) is 168 cm³/mol. The molecule has 0 amide bonds. The third kappa shape index (κ3) is 8.76. The number of hydrogen-bond acceptors (Lipinski definition) is 7. The van der Waals surface area contributed by atoms with Crippen LogP contribution in [0.4, 0.5) is 5.69 Å². The molecule has 1 atom stereocenters. The lowest BCUT2D eigenvalue weighted by molar-refractivity contribution is -0.145. The van der Waals surface area contributed by atoms with Gasteiger partial charge < -0.3 is 15.2 Å².